The van der Waals surface area contributed by atoms with Crippen LogP contribution < -0.4 is 5.32 Å². The molecule has 0 unspecified atom stereocenters. The normalized spacial score (nSPS) is 10.7. The highest BCUT2D eigenvalue weighted by atomic mass is 19.1. The van der Waals surface area contributed by atoms with E-state index in [0.717, 1.165) is 11.3 Å². The summed E-state index contributed by atoms with van der Waals surface area (Å²) < 4.78 is 13.5. The first-order chi connectivity index (χ1) is 9.74. The monoisotopic (exact) mass is 265 g/mol. The summed E-state index contributed by atoms with van der Waals surface area (Å²) >= 11 is 0. The maximum absolute atomic E-state index is 13.5. The third-order valence-corrected chi connectivity index (χ3v) is 3.51. The molecule has 0 saturated heterocycles. The summed E-state index contributed by atoms with van der Waals surface area (Å²) in [5, 5.41) is 5.77. The van der Waals surface area contributed by atoms with Crippen LogP contribution in [0.1, 0.15) is 11.1 Å². The van der Waals surface area contributed by atoms with Crippen molar-refractivity contribution in [3.8, 4) is 0 Å². The second kappa shape index (κ2) is 5.33. The van der Waals surface area contributed by atoms with E-state index in [1.54, 1.807) is 13.0 Å². The zero-order valence-electron chi connectivity index (χ0n) is 11.4. The van der Waals surface area contributed by atoms with Crippen LogP contribution in [-0.2, 0) is 6.54 Å². The molecule has 0 spiro atoms. The largest absolute Gasteiger partial charge is 0.380 e. The van der Waals surface area contributed by atoms with E-state index in [-0.39, 0.29) is 5.82 Å². The van der Waals surface area contributed by atoms with Crippen LogP contribution in [0.15, 0.2) is 60.7 Å². The number of hydrogen-bond donors (Lipinski definition) is 1. The Kier molecular flexibility index (Phi) is 3.38. The fraction of sp³-hybridized carbons (Fsp3) is 0.111. The number of nitrogens with one attached hydrogen (secondary N) is 1. The molecule has 0 atom stereocenters. The lowest BCUT2D eigenvalue weighted by Gasteiger charge is -2.10. The van der Waals surface area contributed by atoms with E-state index in [9.17, 15) is 4.39 Å². The lowest BCUT2D eigenvalue weighted by atomic mass is 10.1. The highest BCUT2D eigenvalue weighted by Crippen LogP contribution is 2.23. The predicted octanol–water partition coefficient (Wildman–Crippen LogP) is 4.90. The molecule has 0 saturated carbocycles. The Morgan fingerprint density at radius 3 is 2.60 bits per heavy atom. The minimum atomic E-state index is -0.151. The molecule has 0 bridgehead atoms. The summed E-state index contributed by atoms with van der Waals surface area (Å²) in [6.45, 7) is 2.39. The van der Waals surface area contributed by atoms with Crippen molar-refractivity contribution in [3.63, 3.8) is 0 Å². The Balaban J connectivity index is 1.85. The SMILES string of the molecule is Cc1ccc(CNc2cccc3ccccc23)cc1F. The van der Waals surface area contributed by atoms with Crippen LogP contribution in [0.5, 0.6) is 0 Å². The summed E-state index contributed by atoms with van der Waals surface area (Å²) in [7, 11) is 0. The first-order valence-corrected chi connectivity index (χ1v) is 6.71. The molecule has 0 radical (unpaired) electrons. The van der Waals surface area contributed by atoms with Crippen LogP contribution in [0, 0.1) is 12.7 Å². The van der Waals surface area contributed by atoms with Crippen LogP contribution in [0.4, 0.5) is 10.1 Å². The Bertz CT molecular complexity index is 744. The molecule has 20 heavy (non-hydrogen) atoms. The number of aryl methyl sites for hydroxylation is 1. The smallest absolute Gasteiger partial charge is 0.126 e. The van der Waals surface area contributed by atoms with E-state index in [1.165, 1.54) is 10.8 Å². The summed E-state index contributed by atoms with van der Waals surface area (Å²) in [5.74, 6) is -0.151. The second-order valence-corrected chi connectivity index (χ2v) is 4.96. The van der Waals surface area contributed by atoms with Gasteiger partial charge in [0.25, 0.3) is 0 Å². The van der Waals surface area contributed by atoms with Gasteiger partial charge < -0.3 is 5.32 Å². The van der Waals surface area contributed by atoms with Crippen molar-refractivity contribution in [2.75, 3.05) is 5.32 Å². The number of fused-ring (bicyclic) bond motifs is 1. The first-order valence-electron chi connectivity index (χ1n) is 6.71. The van der Waals surface area contributed by atoms with Crippen molar-refractivity contribution in [2.24, 2.45) is 0 Å². The number of rotatable bonds is 3. The quantitative estimate of drug-likeness (QED) is 0.710. The van der Waals surface area contributed by atoms with Crippen LogP contribution in [0.2, 0.25) is 0 Å². The molecular formula is C18H16FN. The van der Waals surface area contributed by atoms with E-state index in [4.69, 9.17) is 0 Å². The van der Waals surface area contributed by atoms with Crippen molar-refractivity contribution in [3.05, 3.63) is 77.6 Å². The molecule has 0 aliphatic heterocycles. The van der Waals surface area contributed by atoms with E-state index in [0.29, 0.717) is 12.1 Å². The van der Waals surface area contributed by atoms with Gasteiger partial charge in [-0.1, -0.05) is 48.5 Å². The van der Waals surface area contributed by atoms with Crippen molar-refractivity contribution >= 4 is 16.5 Å². The molecule has 0 fully saturated rings. The molecule has 0 aromatic heterocycles. The molecule has 2 heteroatoms. The van der Waals surface area contributed by atoms with Gasteiger partial charge >= 0.3 is 0 Å². The van der Waals surface area contributed by atoms with E-state index in [1.807, 2.05) is 36.4 Å². The van der Waals surface area contributed by atoms with Gasteiger partial charge in [0.1, 0.15) is 5.82 Å². The van der Waals surface area contributed by atoms with E-state index >= 15 is 0 Å². The summed E-state index contributed by atoms with van der Waals surface area (Å²) in [6.07, 6.45) is 0. The van der Waals surface area contributed by atoms with Gasteiger partial charge in [0.2, 0.25) is 0 Å². The highest BCUT2D eigenvalue weighted by molar-refractivity contribution is 5.93. The highest BCUT2D eigenvalue weighted by Gasteiger charge is 2.02. The van der Waals surface area contributed by atoms with Crippen LogP contribution >= 0.6 is 0 Å². The standard InChI is InChI=1S/C18H16FN/c1-13-9-10-14(11-17(13)19)12-20-18-8-4-6-15-5-2-3-7-16(15)18/h2-11,20H,12H2,1H3. The topological polar surface area (TPSA) is 12.0 Å². The molecule has 0 aliphatic rings. The van der Waals surface area contributed by atoms with Crippen LogP contribution in [0.25, 0.3) is 10.8 Å². The fourth-order valence-electron chi connectivity index (χ4n) is 2.32. The third kappa shape index (κ3) is 2.50. The number of halogens is 1. The lowest BCUT2D eigenvalue weighted by molar-refractivity contribution is 0.616. The van der Waals surface area contributed by atoms with Crippen molar-refractivity contribution in [2.45, 2.75) is 13.5 Å². The molecule has 0 amide bonds. The summed E-state index contributed by atoms with van der Waals surface area (Å²) in [5.41, 5.74) is 2.70. The van der Waals surface area contributed by atoms with Gasteiger partial charge in [-0.3, -0.25) is 0 Å². The van der Waals surface area contributed by atoms with Crippen molar-refractivity contribution < 1.29 is 4.39 Å². The van der Waals surface area contributed by atoms with Crippen molar-refractivity contribution in [1.82, 2.24) is 0 Å². The lowest BCUT2D eigenvalue weighted by Crippen LogP contribution is -2.00. The molecule has 1 N–H and O–H groups in total. The van der Waals surface area contributed by atoms with Gasteiger partial charge in [0.05, 0.1) is 0 Å². The zero-order chi connectivity index (χ0) is 13.9. The molecule has 100 valence electrons. The number of anilines is 1. The molecule has 3 aromatic carbocycles. The van der Waals surface area contributed by atoms with E-state index < -0.39 is 0 Å². The fourth-order valence-corrected chi connectivity index (χ4v) is 2.32. The van der Waals surface area contributed by atoms with Crippen LogP contribution in [0.3, 0.4) is 0 Å². The summed E-state index contributed by atoms with van der Waals surface area (Å²) in [4.78, 5) is 0. The molecule has 3 aromatic rings. The van der Waals surface area contributed by atoms with Gasteiger partial charge in [-0.15, -0.1) is 0 Å². The maximum Gasteiger partial charge on any atom is 0.126 e. The molecular weight excluding hydrogens is 249 g/mol. The van der Waals surface area contributed by atoms with Crippen molar-refractivity contribution in [1.29, 1.82) is 0 Å². The first kappa shape index (κ1) is 12.7. The zero-order valence-corrected chi connectivity index (χ0v) is 11.4. The average Bonchev–Trinajstić information content (AvgIpc) is 2.48. The molecule has 0 heterocycles. The maximum atomic E-state index is 13.5. The Hall–Kier alpha value is -2.35. The van der Waals surface area contributed by atoms with Gasteiger partial charge in [-0.05, 0) is 35.6 Å². The number of hydrogen-bond acceptors (Lipinski definition) is 1. The molecule has 0 aliphatic carbocycles. The predicted molar refractivity (Wildman–Crippen MR) is 82.4 cm³/mol. The van der Waals surface area contributed by atoms with Crippen LogP contribution in [-0.4, -0.2) is 0 Å². The minimum absolute atomic E-state index is 0.151. The Morgan fingerprint density at radius 2 is 1.75 bits per heavy atom. The minimum Gasteiger partial charge on any atom is -0.380 e. The average molecular weight is 265 g/mol. The number of benzene rings is 3. The summed E-state index contributed by atoms with van der Waals surface area (Å²) in [6, 6.07) is 19.8. The second-order valence-electron chi connectivity index (χ2n) is 4.96. The molecule has 1 nitrogen and oxygen atoms in total. The third-order valence-electron chi connectivity index (χ3n) is 3.51. The van der Waals surface area contributed by atoms with Gasteiger partial charge in [0.15, 0.2) is 0 Å². The Labute approximate surface area is 118 Å². The van der Waals surface area contributed by atoms with E-state index in [2.05, 4.69) is 23.5 Å². The van der Waals surface area contributed by atoms with Gasteiger partial charge in [0, 0.05) is 17.6 Å². The van der Waals surface area contributed by atoms with Gasteiger partial charge in [-0.25, -0.2) is 4.39 Å². The Morgan fingerprint density at radius 1 is 0.950 bits per heavy atom. The molecule has 3 rings (SSSR count). The van der Waals surface area contributed by atoms with Gasteiger partial charge in [-0.2, -0.15) is 0 Å².